The van der Waals surface area contributed by atoms with Gasteiger partial charge in [-0.25, -0.2) is 4.79 Å². The van der Waals surface area contributed by atoms with Crippen molar-refractivity contribution < 1.29 is 38.1 Å². The summed E-state index contributed by atoms with van der Waals surface area (Å²) >= 11 is 0. The first-order chi connectivity index (χ1) is 21.5. The topological polar surface area (TPSA) is 160 Å². The standard InChI is InChI=1S/C32H47N5O8/c1-32(2,3)27(35-31(41)45-25-17-44-30-21(25)5-9-43-30)29(40)37-16-20(36-7-10-42-11-8-36)13-24(37)26(38)23-14-22(23)19(15-33)12-18-4-6-34-28(18)39/h18-25,27,30H,4-14,16-17H2,1-3H3,(H,34,39)(H,35,41)/t18-,19-,20+,21-,22?,23?,24-,25-,27+,30+/m0/s1. The van der Waals surface area contributed by atoms with Crippen molar-refractivity contribution in [3.05, 3.63) is 0 Å². The van der Waals surface area contributed by atoms with E-state index in [1.807, 2.05) is 20.8 Å². The van der Waals surface area contributed by atoms with Gasteiger partial charge in [0.05, 0.1) is 50.4 Å². The van der Waals surface area contributed by atoms with Gasteiger partial charge >= 0.3 is 6.09 Å². The monoisotopic (exact) mass is 629 g/mol. The molecule has 0 aromatic rings. The number of alkyl carbamates (subject to hydrolysis) is 1. The van der Waals surface area contributed by atoms with Crippen LogP contribution < -0.4 is 10.6 Å². The van der Waals surface area contributed by atoms with Crippen molar-refractivity contribution in [3.8, 4) is 6.07 Å². The Bertz CT molecular complexity index is 1190. The molecule has 0 aromatic carbocycles. The molecule has 2 unspecified atom stereocenters. The highest BCUT2D eigenvalue weighted by Gasteiger charge is 2.55. The number of Topliss-reactive ketones (excluding diaryl/α,β-unsaturated/α-hetero) is 1. The minimum absolute atomic E-state index is 0.0135. The van der Waals surface area contributed by atoms with Gasteiger partial charge in [0, 0.05) is 44.1 Å². The number of likely N-dealkylation sites (tertiary alicyclic amines) is 1. The van der Waals surface area contributed by atoms with Crippen LogP contribution in [0, 0.1) is 46.3 Å². The molecule has 5 aliphatic heterocycles. The van der Waals surface area contributed by atoms with Crippen LogP contribution in [0.2, 0.25) is 0 Å². The Hall–Kier alpha value is -2.79. The number of amides is 3. The number of carbonyl (C=O) groups excluding carboxylic acids is 4. The van der Waals surface area contributed by atoms with Crippen molar-refractivity contribution in [1.82, 2.24) is 20.4 Å². The molecule has 0 aromatic heterocycles. The number of nitriles is 1. The summed E-state index contributed by atoms with van der Waals surface area (Å²) in [5.41, 5.74) is -0.665. The van der Waals surface area contributed by atoms with Gasteiger partial charge in [-0.15, -0.1) is 0 Å². The van der Waals surface area contributed by atoms with Crippen LogP contribution in [0.5, 0.6) is 0 Å². The molecule has 3 amide bonds. The van der Waals surface area contributed by atoms with E-state index in [9.17, 15) is 24.4 Å². The highest BCUT2D eigenvalue weighted by molar-refractivity contribution is 5.95. The van der Waals surface area contributed by atoms with E-state index in [-0.39, 0.29) is 66.1 Å². The van der Waals surface area contributed by atoms with Gasteiger partial charge in [-0.1, -0.05) is 20.8 Å². The molecule has 45 heavy (non-hydrogen) atoms. The molecule has 10 atom stereocenters. The van der Waals surface area contributed by atoms with Crippen LogP contribution >= 0.6 is 0 Å². The summed E-state index contributed by atoms with van der Waals surface area (Å²) in [5.74, 6) is -1.38. The van der Waals surface area contributed by atoms with Crippen LogP contribution in [0.4, 0.5) is 4.79 Å². The number of ketones is 1. The number of hydrogen-bond acceptors (Lipinski definition) is 10. The molecule has 6 aliphatic rings. The lowest BCUT2D eigenvalue weighted by atomic mass is 9.85. The smallest absolute Gasteiger partial charge is 0.408 e. The zero-order chi connectivity index (χ0) is 31.9. The molecule has 0 bridgehead atoms. The number of rotatable bonds is 9. The number of nitrogens with zero attached hydrogens (tertiary/aromatic N) is 3. The number of morpholine rings is 1. The molecule has 0 radical (unpaired) electrons. The van der Waals surface area contributed by atoms with Crippen LogP contribution in [-0.2, 0) is 33.3 Å². The number of carbonyl (C=O) groups is 4. The van der Waals surface area contributed by atoms with E-state index >= 15 is 0 Å². The Labute approximate surface area is 264 Å². The van der Waals surface area contributed by atoms with Gasteiger partial charge in [0.1, 0.15) is 12.1 Å². The maximum atomic E-state index is 14.4. The third-order valence-electron chi connectivity index (χ3n) is 10.7. The fourth-order valence-corrected chi connectivity index (χ4v) is 7.92. The maximum Gasteiger partial charge on any atom is 0.408 e. The SMILES string of the molecule is CC(C)(C)[C@H](NC(=O)O[C@H]1CO[C@H]2OCC[C@H]21)C(=O)N1C[C@H](N2CCOCC2)C[C@H]1C(=O)C1CC1[C@H](C#N)C[C@@H]1CCNC1=O. The van der Waals surface area contributed by atoms with Crippen LogP contribution in [0.25, 0.3) is 0 Å². The summed E-state index contributed by atoms with van der Waals surface area (Å²) < 4.78 is 22.4. The second kappa shape index (κ2) is 13.1. The first-order valence-electron chi connectivity index (χ1n) is 16.6. The number of fused-ring (bicyclic) bond motifs is 1. The predicted octanol–water partition coefficient (Wildman–Crippen LogP) is 1.06. The average molecular weight is 630 g/mol. The van der Waals surface area contributed by atoms with E-state index in [0.29, 0.717) is 58.6 Å². The Balaban J connectivity index is 1.16. The maximum absolute atomic E-state index is 14.4. The number of nitrogens with one attached hydrogen (secondary N) is 2. The van der Waals surface area contributed by atoms with E-state index < -0.39 is 29.7 Å². The van der Waals surface area contributed by atoms with Crippen molar-refractivity contribution in [1.29, 1.82) is 5.26 Å². The second-order valence-corrected chi connectivity index (χ2v) is 14.6. The first kappa shape index (κ1) is 32.2. The van der Waals surface area contributed by atoms with Gasteiger partial charge < -0.3 is 34.5 Å². The van der Waals surface area contributed by atoms with Crippen molar-refractivity contribution in [2.45, 2.75) is 83.4 Å². The molecule has 13 nitrogen and oxygen atoms in total. The second-order valence-electron chi connectivity index (χ2n) is 14.6. The van der Waals surface area contributed by atoms with E-state index in [2.05, 4.69) is 21.6 Å². The lowest BCUT2D eigenvalue weighted by Gasteiger charge is -2.36. The highest BCUT2D eigenvalue weighted by Crippen LogP contribution is 2.49. The van der Waals surface area contributed by atoms with E-state index in [1.54, 1.807) is 4.90 Å². The highest BCUT2D eigenvalue weighted by atomic mass is 16.7. The van der Waals surface area contributed by atoms with Crippen molar-refractivity contribution >= 4 is 23.7 Å². The van der Waals surface area contributed by atoms with Gasteiger partial charge in [-0.2, -0.15) is 5.26 Å². The summed E-state index contributed by atoms with van der Waals surface area (Å²) in [7, 11) is 0. The Kier molecular flexibility index (Phi) is 9.39. The number of ether oxygens (including phenoxy) is 4. The van der Waals surface area contributed by atoms with Gasteiger partial charge in [0.15, 0.2) is 12.1 Å². The van der Waals surface area contributed by atoms with Crippen LogP contribution in [-0.4, -0.2) is 117 Å². The molecule has 5 heterocycles. The lowest BCUT2D eigenvalue weighted by Crippen LogP contribution is -2.57. The fourth-order valence-electron chi connectivity index (χ4n) is 7.92. The Morgan fingerprint density at radius 3 is 2.60 bits per heavy atom. The van der Waals surface area contributed by atoms with Crippen LogP contribution in [0.15, 0.2) is 0 Å². The molecule has 0 spiro atoms. The van der Waals surface area contributed by atoms with Crippen LogP contribution in [0.3, 0.4) is 0 Å². The Morgan fingerprint density at radius 1 is 1.13 bits per heavy atom. The summed E-state index contributed by atoms with van der Waals surface area (Å²) in [6, 6.07) is 0.776. The molecule has 5 saturated heterocycles. The zero-order valence-electron chi connectivity index (χ0n) is 26.6. The minimum atomic E-state index is -0.926. The van der Waals surface area contributed by atoms with Gasteiger partial charge in [0.2, 0.25) is 11.8 Å². The minimum Gasteiger partial charge on any atom is -0.443 e. The molecule has 6 rings (SSSR count). The normalized spacial score (nSPS) is 36.1. The number of hydrogen-bond donors (Lipinski definition) is 2. The zero-order valence-corrected chi connectivity index (χ0v) is 26.6. The van der Waals surface area contributed by atoms with E-state index in [4.69, 9.17) is 18.9 Å². The summed E-state index contributed by atoms with van der Waals surface area (Å²) in [6.07, 6.45) is 1.50. The largest absolute Gasteiger partial charge is 0.443 e. The first-order valence-corrected chi connectivity index (χ1v) is 16.6. The molecule has 1 saturated carbocycles. The van der Waals surface area contributed by atoms with Crippen LogP contribution in [0.1, 0.15) is 52.9 Å². The van der Waals surface area contributed by atoms with Gasteiger partial charge in [-0.05, 0) is 43.4 Å². The molecule has 1 aliphatic carbocycles. The molecular weight excluding hydrogens is 582 g/mol. The Morgan fingerprint density at radius 2 is 1.91 bits per heavy atom. The van der Waals surface area contributed by atoms with Crippen molar-refractivity contribution in [3.63, 3.8) is 0 Å². The molecule has 248 valence electrons. The third kappa shape index (κ3) is 6.84. The fraction of sp³-hybridized carbons (Fsp3) is 0.844. The summed E-state index contributed by atoms with van der Waals surface area (Å²) in [4.78, 5) is 57.8. The summed E-state index contributed by atoms with van der Waals surface area (Å²) in [6.45, 7) is 10.1. The third-order valence-corrected chi connectivity index (χ3v) is 10.7. The van der Waals surface area contributed by atoms with E-state index in [1.165, 1.54) is 0 Å². The molecular formula is C32H47N5O8. The van der Waals surface area contributed by atoms with E-state index in [0.717, 1.165) is 19.5 Å². The molecule has 6 fully saturated rings. The molecule has 13 heteroatoms. The average Bonchev–Trinajstić information content (AvgIpc) is 3.40. The predicted molar refractivity (Wildman–Crippen MR) is 158 cm³/mol. The van der Waals surface area contributed by atoms with Gasteiger partial charge in [-0.3, -0.25) is 19.3 Å². The molecule has 2 N–H and O–H groups in total. The quantitative estimate of drug-likeness (QED) is 0.378. The van der Waals surface area contributed by atoms with Crippen molar-refractivity contribution in [2.24, 2.45) is 35.0 Å². The van der Waals surface area contributed by atoms with Crippen molar-refractivity contribution in [2.75, 3.05) is 52.6 Å². The summed E-state index contributed by atoms with van der Waals surface area (Å²) in [5, 5.41) is 15.6. The lowest BCUT2D eigenvalue weighted by molar-refractivity contribution is -0.142. The van der Waals surface area contributed by atoms with Gasteiger partial charge in [0.25, 0.3) is 0 Å².